The minimum Gasteiger partial charge on any atom is -0.379 e. The number of sulfonamides is 1. The summed E-state index contributed by atoms with van der Waals surface area (Å²) >= 11 is 0. The molecule has 0 bridgehead atoms. The van der Waals surface area contributed by atoms with Gasteiger partial charge in [0, 0.05) is 46.5 Å². The standard InChI is InChI=1S/C17H26N4O4S/c1-19(2)16-6-5-14(12-18-16)17(22)20-7-3-4-15(13-20)26(23,24)21-8-10-25-11-9-21/h5-6,12,15H,3-4,7-11,13H2,1-2H3/t15-/m1/s1. The van der Waals surface area contributed by atoms with Crippen LogP contribution in [0, 0.1) is 0 Å². The maximum Gasteiger partial charge on any atom is 0.255 e. The number of nitrogens with zero attached hydrogens (tertiary/aromatic N) is 4. The number of ether oxygens (including phenoxy) is 1. The van der Waals surface area contributed by atoms with Crippen LogP contribution in [0.4, 0.5) is 5.82 Å². The first-order valence-electron chi connectivity index (χ1n) is 8.89. The summed E-state index contributed by atoms with van der Waals surface area (Å²) in [5.74, 6) is 0.609. The topological polar surface area (TPSA) is 83.1 Å². The van der Waals surface area contributed by atoms with Gasteiger partial charge in [-0.1, -0.05) is 0 Å². The zero-order valence-corrected chi connectivity index (χ0v) is 16.1. The molecule has 0 aliphatic carbocycles. The van der Waals surface area contributed by atoms with E-state index in [1.54, 1.807) is 23.2 Å². The number of piperidine rings is 1. The minimum atomic E-state index is -3.41. The molecule has 0 N–H and O–H groups in total. The number of hydrogen-bond donors (Lipinski definition) is 0. The number of amides is 1. The fraction of sp³-hybridized carbons (Fsp3) is 0.647. The lowest BCUT2D eigenvalue weighted by Gasteiger charge is -2.36. The number of anilines is 1. The van der Waals surface area contributed by atoms with E-state index in [-0.39, 0.29) is 12.5 Å². The molecule has 3 rings (SSSR count). The van der Waals surface area contributed by atoms with Gasteiger partial charge in [-0.2, -0.15) is 4.31 Å². The van der Waals surface area contributed by atoms with Crippen LogP contribution in [0.3, 0.4) is 0 Å². The van der Waals surface area contributed by atoms with Gasteiger partial charge in [-0.05, 0) is 25.0 Å². The molecule has 3 heterocycles. The normalized spacial score (nSPS) is 22.2. The van der Waals surface area contributed by atoms with Gasteiger partial charge < -0.3 is 14.5 Å². The third-order valence-corrected chi connectivity index (χ3v) is 7.18. The summed E-state index contributed by atoms with van der Waals surface area (Å²) in [6, 6.07) is 3.53. The molecule has 2 aliphatic rings. The molecular formula is C17H26N4O4S. The third kappa shape index (κ3) is 3.99. The van der Waals surface area contributed by atoms with Gasteiger partial charge in [0.2, 0.25) is 10.0 Å². The molecule has 0 spiro atoms. The van der Waals surface area contributed by atoms with Crippen molar-refractivity contribution in [3.8, 4) is 0 Å². The van der Waals surface area contributed by atoms with Gasteiger partial charge in [-0.25, -0.2) is 13.4 Å². The third-order valence-electron chi connectivity index (χ3n) is 4.87. The van der Waals surface area contributed by atoms with E-state index in [9.17, 15) is 13.2 Å². The molecule has 1 aromatic heterocycles. The van der Waals surface area contributed by atoms with Gasteiger partial charge in [0.1, 0.15) is 5.82 Å². The molecule has 2 aliphatic heterocycles. The number of carbonyl (C=O) groups is 1. The van der Waals surface area contributed by atoms with E-state index in [4.69, 9.17) is 4.74 Å². The van der Waals surface area contributed by atoms with Crippen molar-refractivity contribution in [3.63, 3.8) is 0 Å². The average molecular weight is 382 g/mol. The Hall–Kier alpha value is -1.71. The van der Waals surface area contributed by atoms with Gasteiger partial charge in [-0.15, -0.1) is 0 Å². The molecule has 0 saturated carbocycles. The molecule has 1 aromatic rings. The van der Waals surface area contributed by atoms with Crippen LogP contribution in [0.1, 0.15) is 23.2 Å². The van der Waals surface area contributed by atoms with Crippen molar-refractivity contribution in [2.45, 2.75) is 18.1 Å². The van der Waals surface area contributed by atoms with E-state index in [1.807, 2.05) is 19.0 Å². The molecule has 0 radical (unpaired) electrons. The number of morpholine rings is 1. The average Bonchev–Trinajstić information content (AvgIpc) is 2.68. The highest BCUT2D eigenvalue weighted by Crippen LogP contribution is 2.23. The molecular weight excluding hydrogens is 356 g/mol. The molecule has 1 amide bonds. The van der Waals surface area contributed by atoms with Crippen molar-refractivity contribution in [1.82, 2.24) is 14.2 Å². The Bertz CT molecular complexity index is 730. The van der Waals surface area contributed by atoms with Gasteiger partial charge in [0.05, 0.1) is 24.0 Å². The number of hydrogen-bond acceptors (Lipinski definition) is 6. The summed E-state index contributed by atoms with van der Waals surface area (Å²) in [6.45, 7) is 2.44. The van der Waals surface area contributed by atoms with Gasteiger partial charge in [-0.3, -0.25) is 4.79 Å². The maximum atomic E-state index is 12.9. The van der Waals surface area contributed by atoms with Crippen LogP contribution in [-0.4, -0.2) is 87.3 Å². The Morgan fingerprint density at radius 3 is 2.58 bits per heavy atom. The van der Waals surface area contributed by atoms with Gasteiger partial charge >= 0.3 is 0 Å². The highest BCUT2D eigenvalue weighted by atomic mass is 32.2. The van der Waals surface area contributed by atoms with Crippen molar-refractivity contribution < 1.29 is 17.9 Å². The summed E-state index contributed by atoms with van der Waals surface area (Å²) in [6.07, 6.45) is 2.82. The van der Waals surface area contributed by atoms with Crippen LogP contribution in [-0.2, 0) is 14.8 Å². The largest absolute Gasteiger partial charge is 0.379 e. The van der Waals surface area contributed by atoms with E-state index in [1.165, 1.54) is 4.31 Å². The summed E-state index contributed by atoms with van der Waals surface area (Å²) < 4.78 is 32.5. The monoisotopic (exact) mass is 382 g/mol. The Balaban J connectivity index is 1.70. The smallest absolute Gasteiger partial charge is 0.255 e. The van der Waals surface area contributed by atoms with Crippen molar-refractivity contribution in [2.24, 2.45) is 0 Å². The lowest BCUT2D eigenvalue weighted by molar-refractivity contribution is 0.0685. The predicted molar refractivity (Wildman–Crippen MR) is 98.8 cm³/mol. The van der Waals surface area contributed by atoms with Crippen LogP contribution in [0.25, 0.3) is 0 Å². The zero-order valence-electron chi connectivity index (χ0n) is 15.3. The summed E-state index contributed by atoms with van der Waals surface area (Å²) in [5.41, 5.74) is 0.486. The first kappa shape index (κ1) is 19.1. The van der Waals surface area contributed by atoms with Crippen LogP contribution < -0.4 is 4.90 Å². The number of likely N-dealkylation sites (tertiary alicyclic amines) is 1. The molecule has 9 heteroatoms. The molecule has 144 valence electrons. The first-order valence-corrected chi connectivity index (χ1v) is 10.4. The minimum absolute atomic E-state index is 0.162. The van der Waals surface area contributed by atoms with E-state index < -0.39 is 15.3 Å². The molecule has 0 unspecified atom stereocenters. The Morgan fingerprint density at radius 2 is 1.96 bits per heavy atom. The fourth-order valence-corrected chi connectivity index (χ4v) is 5.25. The van der Waals surface area contributed by atoms with Gasteiger partial charge in [0.15, 0.2) is 0 Å². The van der Waals surface area contributed by atoms with E-state index in [0.717, 1.165) is 5.82 Å². The van der Waals surface area contributed by atoms with Crippen LogP contribution in [0.15, 0.2) is 18.3 Å². The molecule has 0 aromatic carbocycles. The number of aromatic nitrogens is 1. The summed E-state index contributed by atoms with van der Waals surface area (Å²) in [4.78, 5) is 20.5. The zero-order chi connectivity index (χ0) is 18.7. The van der Waals surface area contributed by atoms with Crippen molar-refractivity contribution in [3.05, 3.63) is 23.9 Å². The lowest BCUT2D eigenvalue weighted by atomic mass is 10.1. The van der Waals surface area contributed by atoms with Crippen molar-refractivity contribution in [1.29, 1.82) is 0 Å². The maximum absolute atomic E-state index is 12.9. The van der Waals surface area contributed by atoms with Crippen LogP contribution in [0.5, 0.6) is 0 Å². The highest BCUT2D eigenvalue weighted by Gasteiger charge is 2.37. The highest BCUT2D eigenvalue weighted by molar-refractivity contribution is 7.89. The van der Waals surface area contributed by atoms with E-state index in [0.29, 0.717) is 51.3 Å². The summed E-state index contributed by atoms with van der Waals surface area (Å²) in [7, 11) is 0.354. The lowest BCUT2D eigenvalue weighted by Crippen LogP contribution is -2.51. The molecule has 2 saturated heterocycles. The molecule has 8 nitrogen and oxygen atoms in total. The molecule has 2 fully saturated rings. The quantitative estimate of drug-likeness (QED) is 0.750. The molecule has 26 heavy (non-hydrogen) atoms. The first-order chi connectivity index (χ1) is 12.4. The van der Waals surface area contributed by atoms with E-state index in [2.05, 4.69) is 4.98 Å². The Labute approximate surface area is 154 Å². The number of carbonyl (C=O) groups excluding carboxylic acids is 1. The fourth-order valence-electron chi connectivity index (χ4n) is 3.34. The Morgan fingerprint density at radius 1 is 1.23 bits per heavy atom. The second kappa shape index (κ2) is 7.89. The van der Waals surface area contributed by atoms with Crippen molar-refractivity contribution >= 4 is 21.7 Å². The Kier molecular flexibility index (Phi) is 5.79. The molecule has 1 atom stereocenters. The number of rotatable bonds is 4. The predicted octanol–water partition coefficient (Wildman–Crippen LogP) is 0.414. The van der Waals surface area contributed by atoms with E-state index >= 15 is 0 Å². The number of pyridine rings is 1. The van der Waals surface area contributed by atoms with Crippen LogP contribution in [0.2, 0.25) is 0 Å². The second-order valence-electron chi connectivity index (χ2n) is 6.87. The second-order valence-corrected chi connectivity index (χ2v) is 9.08. The van der Waals surface area contributed by atoms with Crippen LogP contribution >= 0.6 is 0 Å². The van der Waals surface area contributed by atoms with Crippen molar-refractivity contribution in [2.75, 3.05) is 58.4 Å². The van der Waals surface area contributed by atoms with Gasteiger partial charge in [0.25, 0.3) is 5.91 Å². The summed E-state index contributed by atoms with van der Waals surface area (Å²) in [5, 5.41) is -0.549. The SMILES string of the molecule is CN(C)c1ccc(C(=O)N2CCC[C@@H](S(=O)(=O)N3CCOCC3)C2)cn1.